The molecule has 0 saturated heterocycles. The summed E-state index contributed by atoms with van der Waals surface area (Å²) in [6.45, 7) is 1.92. The van der Waals surface area contributed by atoms with Gasteiger partial charge in [0, 0.05) is 21.7 Å². The van der Waals surface area contributed by atoms with Gasteiger partial charge in [-0.15, -0.1) is 0 Å². The number of amides is 1. The molecule has 0 unspecified atom stereocenters. The summed E-state index contributed by atoms with van der Waals surface area (Å²) in [5, 5.41) is 0.626. The number of hydrogen-bond acceptors (Lipinski definition) is 5. The van der Waals surface area contributed by atoms with Gasteiger partial charge in [0.25, 0.3) is 0 Å². The predicted octanol–water partition coefficient (Wildman–Crippen LogP) is 4.71. The molecule has 6 heteroatoms. The predicted molar refractivity (Wildman–Crippen MR) is 102 cm³/mol. The zero-order chi connectivity index (χ0) is 17.2. The van der Waals surface area contributed by atoms with Crippen LogP contribution in [0.1, 0.15) is 5.69 Å². The first kappa shape index (κ1) is 16.2. The van der Waals surface area contributed by atoms with Crippen LogP contribution in [-0.4, -0.2) is 21.6 Å². The van der Waals surface area contributed by atoms with Gasteiger partial charge in [0.05, 0.1) is 17.1 Å². The van der Waals surface area contributed by atoms with Gasteiger partial charge in [-0.1, -0.05) is 47.8 Å². The lowest BCUT2D eigenvalue weighted by atomic mass is 10.2. The number of thioether (sulfide) groups is 1. The monoisotopic (exact) mass is 365 g/mol. The number of para-hydroxylation sites is 2. The Bertz CT molecular complexity index is 900. The Balaban J connectivity index is 1.64. The first-order chi connectivity index (χ1) is 12.2. The number of hydrogen-bond donors (Lipinski definition) is 0. The second-order valence-corrected chi connectivity index (χ2v) is 7.56. The van der Waals surface area contributed by atoms with E-state index in [0.717, 1.165) is 26.9 Å². The van der Waals surface area contributed by atoms with Crippen LogP contribution < -0.4 is 4.90 Å². The van der Waals surface area contributed by atoms with Crippen molar-refractivity contribution in [1.29, 1.82) is 0 Å². The molecule has 1 aliphatic heterocycles. The maximum absolute atomic E-state index is 13.0. The number of benzene rings is 2. The van der Waals surface area contributed by atoms with Crippen LogP contribution in [0.4, 0.5) is 11.4 Å². The van der Waals surface area contributed by atoms with Gasteiger partial charge in [-0.05, 0) is 37.3 Å². The summed E-state index contributed by atoms with van der Waals surface area (Å²) in [5.41, 5.74) is 2.76. The van der Waals surface area contributed by atoms with Crippen molar-refractivity contribution in [1.82, 2.24) is 9.97 Å². The topological polar surface area (TPSA) is 46.1 Å². The van der Waals surface area contributed by atoms with Crippen LogP contribution in [0.25, 0.3) is 0 Å². The van der Waals surface area contributed by atoms with Crippen molar-refractivity contribution < 1.29 is 4.79 Å². The normalized spacial score (nSPS) is 12.4. The summed E-state index contributed by atoms with van der Waals surface area (Å²) < 4.78 is 0. The van der Waals surface area contributed by atoms with E-state index >= 15 is 0 Å². The number of aryl methyl sites for hydroxylation is 1. The fraction of sp³-hybridized carbons (Fsp3) is 0.105. The minimum atomic E-state index is 0.0234. The Kier molecular flexibility index (Phi) is 4.46. The molecule has 0 aliphatic carbocycles. The fourth-order valence-electron chi connectivity index (χ4n) is 2.66. The minimum Gasteiger partial charge on any atom is -0.278 e. The number of aromatic nitrogens is 2. The minimum absolute atomic E-state index is 0.0234. The second-order valence-electron chi connectivity index (χ2n) is 5.54. The van der Waals surface area contributed by atoms with E-state index in [9.17, 15) is 4.79 Å². The molecular formula is C19H15N3OS2. The molecule has 2 aromatic carbocycles. The zero-order valence-corrected chi connectivity index (χ0v) is 15.2. The van der Waals surface area contributed by atoms with E-state index in [1.165, 1.54) is 11.8 Å². The summed E-state index contributed by atoms with van der Waals surface area (Å²) in [6, 6.07) is 17.8. The van der Waals surface area contributed by atoms with E-state index < -0.39 is 0 Å². The van der Waals surface area contributed by atoms with E-state index in [-0.39, 0.29) is 11.7 Å². The summed E-state index contributed by atoms with van der Waals surface area (Å²) in [5.74, 6) is 0.312. The van der Waals surface area contributed by atoms with Crippen molar-refractivity contribution in [3.8, 4) is 0 Å². The summed E-state index contributed by atoms with van der Waals surface area (Å²) in [7, 11) is 0. The fourth-order valence-corrected chi connectivity index (χ4v) is 4.44. The third-order valence-corrected chi connectivity index (χ3v) is 5.76. The number of nitrogens with zero attached hydrogens (tertiary/aromatic N) is 3. The van der Waals surface area contributed by atoms with Crippen molar-refractivity contribution in [2.45, 2.75) is 21.9 Å². The number of carbonyl (C=O) groups excluding carboxylic acids is 1. The van der Waals surface area contributed by atoms with Crippen LogP contribution >= 0.6 is 23.5 Å². The highest BCUT2D eigenvalue weighted by Gasteiger charge is 2.27. The maximum atomic E-state index is 13.0. The molecule has 4 rings (SSSR count). The van der Waals surface area contributed by atoms with Crippen molar-refractivity contribution in [3.63, 3.8) is 0 Å². The Labute approximate surface area is 154 Å². The highest BCUT2D eigenvalue weighted by Crippen LogP contribution is 2.48. The Morgan fingerprint density at radius 1 is 1.04 bits per heavy atom. The average Bonchev–Trinajstić information content (AvgIpc) is 2.64. The Morgan fingerprint density at radius 3 is 2.32 bits per heavy atom. The molecule has 1 aliphatic rings. The Morgan fingerprint density at radius 2 is 1.68 bits per heavy atom. The maximum Gasteiger partial charge on any atom is 0.242 e. The number of anilines is 2. The first-order valence-electron chi connectivity index (χ1n) is 7.84. The molecule has 4 nitrogen and oxygen atoms in total. The highest BCUT2D eigenvalue weighted by atomic mass is 32.2. The lowest BCUT2D eigenvalue weighted by molar-refractivity contribution is -0.115. The zero-order valence-electron chi connectivity index (χ0n) is 13.5. The van der Waals surface area contributed by atoms with Gasteiger partial charge in [-0.25, -0.2) is 9.97 Å². The molecular weight excluding hydrogens is 350 g/mol. The van der Waals surface area contributed by atoms with Gasteiger partial charge >= 0.3 is 0 Å². The molecule has 3 aromatic rings. The average molecular weight is 365 g/mol. The van der Waals surface area contributed by atoms with Crippen molar-refractivity contribution in [2.24, 2.45) is 0 Å². The standard InChI is InChI=1S/C19H15N3OS2/c1-13-10-11-20-19(21-13)24-12-18(23)22-14-6-2-4-8-16(14)25-17-9-5-3-7-15(17)22/h2-11H,12H2,1H3. The van der Waals surface area contributed by atoms with Gasteiger partial charge in [0.1, 0.15) is 0 Å². The van der Waals surface area contributed by atoms with Gasteiger partial charge in [0.15, 0.2) is 5.16 Å². The molecule has 0 N–H and O–H groups in total. The molecule has 0 radical (unpaired) electrons. The van der Waals surface area contributed by atoms with Gasteiger partial charge in [-0.3, -0.25) is 9.69 Å². The SMILES string of the molecule is Cc1ccnc(SCC(=O)N2c3ccccc3Sc3ccccc32)n1. The van der Waals surface area contributed by atoms with Crippen LogP contribution in [0.2, 0.25) is 0 Å². The van der Waals surface area contributed by atoms with E-state index in [4.69, 9.17) is 0 Å². The van der Waals surface area contributed by atoms with Crippen LogP contribution in [0.15, 0.2) is 75.7 Å². The summed E-state index contributed by atoms with van der Waals surface area (Å²) >= 11 is 3.06. The molecule has 0 bridgehead atoms. The van der Waals surface area contributed by atoms with E-state index in [1.807, 2.05) is 66.4 Å². The lowest BCUT2D eigenvalue weighted by Crippen LogP contribution is -2.30. The van der Waals surface area contributed by atoms with Crippen LogP contribution in [0, 0.1) is 6.92 Å². The van der Waals surface area contributed by atoms with Crippen LogP contribution in [0.3, 0.4) is 0 Å². The molecule has 1 aromatic heterocycles. The molecule has 0 atom stereocenters. The van der Waals surface area contributed by atoms with Crippen molar-refractivity contribution >= 4 is 40.8 Å². The smallest absolute Gasteiger partial charge is 0.242 e. The summed E-state index contributed by atoms with van der Waals surface area (Å²) in [6.07, 6.45) is 1.72. The molecule has 0 fully saturated rings. The Hall–Kier alpha value is -2.31. The number of fused-ring (bicyclic) bond motifs is 2. The van der Waals surface area contributed by atoms with Gasteiger partial charge in [0.2, 0.25) is 5.91 Å². The molecule has 0 spiro atoms. The third kappa shape index (κ3) is 3.27. The van der Waals surface area contributed by atoms with Crippen molar-refractivity contribution in [3.05, 3.63) is 66.5 Å². The molecule has 124 valence electrons. The molecule has 1 amide bonds. The molecule has 0 saturated carbocycles. The van der Waals surface area contributed by atoms with E-state index in [1.54, 1.807) is 18.0 Å². The second kappa shape index (κ2) is 6.90. The number of rotatable bonds is 3. The van der Waals surface area contributed by atoms with E-state index in [2.05, 4.69) is 9.97 Å². The van der Waals surface area contributed by atoms with Crippen molar-refractivity contribution in [2.75, 3.05) is 10.7 Å². The van der Waals surface area contributed by atoms with Crippen LogP contribution in [0.5, 0.6) is 0 Å². The first-order valence-corrected chi connectivity index (χ1v) is 9.64. The van der Waals surface area contributed by atoms with Crippen LogP contribution in [-0.2, 0) is 4.79 Å². The van der Waals surface area contributed by atoms with Gasteiger partial charge in [-0.2, -0.15) is 0 Å². The van der Waals surface area contributed by atoms with E-state index in [0.29, 0.717) is 5.16 Å². The lowest BCUT2D eigenvalue weighted by Gasteiger charge is -2.30. The number of carbonyl (C=O) groups is 1. The quantitative estimate of drug-likeness (QED) is 0.497. The summed E-state index contributed by atoms with van der Waals surface area (Å²) in [4.78, 5) is 25.6. The molecule has 2 heterocycles. The van der Waals surface area contributed by atoms with Gasteiger partial charge < -0.3 is 0 Å². The molecule has 25 heavy (non-hydrogen) atoms. The highest BCUT2D eigenvalue weighted by molar-refractivity contribution is 8.00. The third-order valence-electron chi connectivity index (χ3n) is 3.78. The largest absolute Gasteiger partial charge is 0.278 e.